The lowest BCUT2D eigenvalue weighted by molar-refractivity contribution is 0.0689. The number of rotatable bonds is 2. The zero-order valence-corrected chi connectivity index (χ0v) is 11.4. The van der Waals surface area contributed by atoms with Crippen LogP contribution >= 0.6 is 11.3 Å². The van der Waals surface area contributed by atoms with E-state index in [4.69, 9.17) is 0 Å². The summed E-state index contributed by atoms with van der Waals surface area (Å²) in [4.78, 5) is 16.6. The predicted octanol–water partition coefficient (Wildman–Crippen LogP) is 3.80. The van der Waals surface area contributed by atoms with E-state index < -0.39 is 5.97 Å². The van der Waals surface area contributed by atoms with Crippen LogP contribution in [0.4, 0.5) is 0 Å². The molecule has 3 nitrogen and oxygen atoms in total. The highest BCUT2D eigenvalue weighted by atomic mass is 32.1. The Morgan fingerprint density at radius 1 is 1.35 bits per heavy atom. The number of thiazole rings is 1. The van der Waals surface area contributed by atoms with Gasteiger partial charge >= 0.3 is 5.97 Å². The Labute approximate surface area is 106 Å². The highest BCUT2D eigenvalue weighted by Gasteiger charge is 2.29. The van der Waals surface area contributed by atoms with Crippen molar-refractivity contribution in [2.75, 3.05) is 0 Å². The number of carboxylic acids is 1. The molecule has 4 heteroatoms. The van der Waals surface area contributed by atoms with Gasteiger partial charge in [-0.05, 0) is 18.8 Å². The number of hydrogen-bond acceptors (Lipinski definition) is 3. The van der Waals surface area contributed by atoms with Crippen LogP contribution in [-0.2, 0) is 5.41 Å². The summed E-state index contributed by atoms with van der Waals surface area (Å²) >= 11 is 1.60. The molecule has 1 N–H and O–H groups in total. The van der Waals surface area contributed by atoms with Crippen molar-refractivity contribution in [3.05, 3.63) is 15.6 Å². The topological polar surface area (TPSA) is 50.2 Å². The molecule has 0 atom stereocenters. The molecular formula is C13H19NO2S. The lowest BCUT2D eigenvalue weighted by Gasteiger charge is -2.13. The number of carbonyl (C=O) groups is 1. The van der Waals surface area contributed by atoms with Gasteiger partial charge in [0.05, 0.1) is 5.01 Å². The summed E-state index contributed by atoms with van der Waals surface area (Å²) in [6.45, 7) is 6.24. The molecular weight excluding hydrogens is 234 g/mol. The Hall–Kier alpha value is -0.900. The van der Waals surface area contributed by atoms with Gasteiger partial charge < -0.3 is 5.11 Å². The fraction of sp³-hybridized carbons (Fsp3) is 0.692. The zero-order chi connectivity index (χ0) is 12.6. The van der Waals surface area contributed by atoms with Crippen LogP contribution in [0.2, 0.25) is 0 Å². The van der Waals surface area contributed by atoms with Crippen LogP contribution in [0.25, 0.3) is 0 Å². The minimum Gasteiger partial charge on any atom is -0.476 e. The van der Waals surface area contributed by atoms with Crippen LogP contribution in [-0.4, -0.2) is 16.1 Å². The van der Waals surface area contributed by atoms with E-state index in [2.05, 4.69) is 25.8 Å². The minimum absolute atomic E-state index is 0.0638. The molecule has 0 saturated heterocycles. The lowest BCUT2D eigenvalue weighted by atomic mass is 9.98. The quantitative estimate of drug-likeness (QED) is 0.872. The summed E-state index contributed by atoms with van der Waals surface area (Å²) in [5.74, 6) is -0.451. The van der Waals surface area contributed by atoms with Crippen LogP contribution in [0.15, 0.2) is 0 Å². The van der Waals surface area contributed by atoms with Crippen LogP contribution in [0.1, 0.15) is 72.7 Å². The maximum absolute atomic E-state index is 11.3. The van der Waals surface area contributed by atoms with Gasteiger partial charge in [-0.15, -0.1) is 11.3 Å². The first-order valence-corrected chi connectivity index (χ1v) is 6.95. The van der Waals surface area contributed by atoms with Crippen molar-refractivity contribution in [2.45, 2.75) is 57.8 Å². The molecule has 1 aliphatic rings. The summed E-state index contributed by atoms with van der Waals surface area (Å²) in [7, 11) is 0. The first kappa shape index (κ1) is 12.6. The average molecular weight is 253 g/mol. The van der Waals surface area contributed by atoms with Crippen molar-refractivity contribution in [1.82, 2.24) is 4.98 Å². The highest BCUT2D eigenvalue weighted by Crippen LogP contribution is 2.41. The second kappa shape index (κ2) is 4.41. The first-order valence-electron chi connectivity index (χ1n) is 6.14. The van der Waals surface area contributed by atoms with E-state index in [1.54, 1.807) is 11.3 Å². The summed E-state index contributed by atoms with van der Waals surface area (Å²) in [6, 6.07) is 0. The third-order valence-electron chi connectivity index (χ3n) is 3.22. The summed E-state index contributed by atoms with van der Waals surface area (Å²) in [5.41, 5.74) is 0.234. The molecule has 1 heterocycles. The fourth-order valence-corrected chi connectivity index (χ4v) is 3.55. The van der Waals surface area contributed by atoms with Crippen molar-refractivity contribution < 1.29 is 9.90 Å². The minimum atomic E-state index is -0.876. The molecule has 0 aliphatic heterocycles. The Morgan fingerprint density at radius 2 is 1.94 bits per heavy atom. The number of carboxylic acid groups (broad SMARTS) is 1. The van der Waals surface area contributed by atoms with Gasteiger partial charge in [-0.25, -0.2) is 9.78 Å². The lowest BCUT2D eigenvalue weighted by Crippen LogP contribution is -2.11. The molecule has 1 saturated carbocycles. The third kappa shape index (κ3) is 2.51. The second-order valence-electron chi connectivity index (χ2n) is 5.77. The molecule has 0 bridgehead atoms. The van der Waals surface area contributed by atoms with Crippen LogP contribution in [0, 0.1) is 0 Å². The Bertz CT molecular complexity index is 425. The van der Waals surface area contributed by atoms with Crippen molar-refractivity contribution >= 4 is 17.3 Å². The standard InChI is InChI=1S/C13H19NO2S/c1-13(2,3)12-14-9(11(15)16)10(17-12)8-6-4-5-7-8/h8H,4-7H2,1-3H3,(H,15,16). The van der Waals surface area contributed by atoms with Gasteiger partial charge in [-0.3, -0.25) is 0 Å². The molecule has 17 heavy (non-hydrogen) atoms. The van der Waals surface area contributed by atoms with Gasteiger partial charge in [-0.2, -0.15) is 0 Å². The van der Waals surface area contributed by atoms with E-state index in [-0.39, 0.29) is 5.41 Å². The van der Waals surface area contributed by atoms with Gasteiger partial charge in [0, 0.05) is 10.3 Å². The third-order valence-corrected chi connectivity index (χ3v) is 4.87. The average Bonchev–Trinajstić information content (AvgIpc) is 2.85. The Balaban J connectivity index is 2.42. The fourth-order valence-electron chi connectivity index (χ4n) is 2.27. The summed E-state index contributed by atoms with van der Waals surface area (Å²) < 4.78 is 0. The van der Waals surface area contributed by atoms with E-state index in [1.165, 1.54) is 12.8 Å². The second-order valence-corrected chi connectivity index (χ2v) is 6.80. The van der Waals surface area contributed by atoms with Crippen molar-refractivity contribution in [2.24, 2.45) is 0 Å². The number of nitrogens with zero attached hydrogens (tertiary/aromatic N) is 1. The molecule has 1 aromatic heterocycles. The largest absolute Gasteiger partial charge is 0.476 e. The summed E-state index contributed by atoms with van der Waals surface area (Å²) in [5, 5.41) is 10.2. The van der Waals surface area contributed by atoms with E-state index in [9.17, 15) is 9.90 Å². The molecule has 0 amide bonds. The number of aromatic nitrogens is 1. The van der Waals surface area contributed by atoms with Crippen LogP contribution in [0.3, 0.4) is 0 Å². The Kier molecular flexibility index (Phi) is 3.25. The van der Waals surface area contributed by atoms with E-state index in [1.807, 2.05) is 0 Å². The number of hydrogen-bond donors (Lipinski definition) is 1. The normalized spacial score (nSPS) is 17.6. The molecule has 1 aromatic rings. The van der Waals surface area contributed by atoms with Gasteiger partial charge in [0.15, 0.2) is 5.69 Å². The first-order chi connectivity index (χ1) is 7.89. The van der Waals surface area contributed by atoms with Gasteiger partial charge in [0.25, 0.3) is 0 Å². The molecule has 1 aliphatic carbocycles. The molecule has 0 spiro atoms. The smallest absolute Gasteiger partial charge is 0.355 e. The Morgan fingerprint density at radius 3 is 2.41 bits per heavy atom. The van der Waals surface area contributed by atoms with E-state index in [0.717, 1.165) is 22.7 Å². The van der Waals surface area contributed by atoms with E-state index >= 15 is 0 Å². The maximum atomic E-state index is 11.3. The van der Waals surface area contributed by atoms with Crippen molar-refractivity contribution in [3.8, 4) is 0 Å². The maximum Gasteiger partial charge on any atom is 0.355 e. The molecule has 0 aromatic carbocycles. The van der Waals surface area contributed by atoms with Gasteiger partial charge in [0.1, 0.15) is 0 Å². The monoisotopic (exact) mass is 253 g/mol. The van der Waals surface area contributed by atoms with Crippen LogP contribution < -0.4 is 0 Å². The van der Waals surface area contributed by atoms with Crippen molar-refractivity contribution in [3.63, 3.8) is 0 Å². The zero-order valence-electron chi connectivity index (χ0n) is 10.6. The molecule has 0 unspecified atom stereocenters. The molecule has 2 rings (SSSR count). The molecule has 94 valence electrons. The molecule has 0 radical (unpaired) electrons. The predicted molar refractivity (Wildman–Crippen MR) is 69.0 cm³/mol. The van der Waals surface area contributed by atoms with Gasteiger partial charge in [0.2, 0.25) is 0 Å². The highest BCUT2D eigenvalue weighted by molar-refractivity contribution is 7.12. The van der Waals surface area contributed by atoms with Crippen LogP contribution in [0.5, 0.6) is 0 Å². The SMILES string of the molecule is CC(C)(C)c1nc(C(=O)O)c(C2CCCC2)s1. The molecule has 1 fully saturated rings. The summed E-state index contributed by atoms with van der Waals surface area (Å²) in [6.07, 6.45) is 4.66. The van der Waals surface area contributed by atoms with E-state index in [0.29, 0.717) is 11.6 Å². The van der Waals surface area contributed by atoms with Crippen molar-refractivity contribution in [1.29, 1.82) is 0 Å². The van der Waals surface area contributed by atoms with Gasteiger partial charge in [-0.1, -0.05) is 33.6 Å². The number of aromatic carboxylic acids is 1.